The van der Waals surface area contributed by atoms with Gasteiger partial charge in [-0.25, -0.2) is 19.1 Å². The van der Waals surface area contributed by atoms with Gasteiger partial charge in [0, 0.05) is 48.3 Å². The number of anilines is 1. The van der Waals surface area contributed by atoms with Crippen molar-refractivity contribution in [3.05, 3.63) is 71.4 Å². The number of aryl methyl sites for hydroxylation is 2. The molecule has 6 rings (SSSR count). The summed E-state index contributed by atoms with van der Waals surface area (Å²) in [6.45, 7) is -1.35. The summed E-state index contributed by atoms with van der Waals surface area (Å²) in [6, 6.07) is 7.71. The van der Waals surface area contributed by atoms with Gasteiger partial charge in [0.25, 0.3) is 5.91 Å². The molecular weight excluding hydrogens is 549 g/mol. The zero-order valence-corrected chi connectivity index (χ0v) is 23.1. The van der Waals surface area contributed by atoms with Gasteiger partial charge in [-0.1, -0.05) is 6.07 Å². The average molecular weight is 577 g/mol. The number of benzene rings is 2. The van der Waals surface area contributed by atoms with E-state index in [1.165, 1.54) is 29.3 Å². The van der Waals surface area contributed by atoms with Crippen molar-refractivity contribution in [2.24, 2.45) is 13.0 Å². The Bertz CT molecular complexity index is 1880. The van der Waals surface area contributed by atoms with E-state index in [4.69, 9.17) is 5.73 Å². The number of nitrogen functional groups attached to an aromatic ring is 1. The molecule has 1 aliphatic carbocycles. The number of hydrogen-bond donors (Lipinski definition) is 1. The van der Waals surface area contributed by atoms with Gasteiger partial charge in [0.2, 0.25) is 5.91 Å². The van der Waals surface area contributed by atoms with Crippen molar-refractivity contribution >= 4 is 39.4 Å². The summed E-state index contributed by atoms with van der Waals surface area (Å²) < 4.78 is 43.7. The Balaban J connectivity index is 1.38. The average Bonchev–Trinajstić information content (AvgIpc) is 3.56. The van der Waals surface area contributed by atoms with E-state index in [-0.39, 0.29) is 29.5 Å². The molecule has 0 radical (unpaired) electrons. The normalized spacial score (nSPS) is 13.3. The molecule has 0 atom stereocenters. The number of nitrogens with two attached hydrogens (primary N) is 1. The van der Waals surface area contributed by atoms with Crippen LogP contribution < -0.4 is 5.73 Å². The van der Waals surface area contributed by atoms with Crippen molar-refractivity contribution in [3.8, 4) is 11.1 Å². The molecular formula is C29H27F3N8O2. The highest BCUT2D eigenvalue weighted by molar-refractivity contribution is 6.10. The molecule has 0 aliphatic heterocycles. The fourth-order valence-electron chi connectivity index (χ4n) is 5.19. The summed E-state index contributed by atoms with van der Waals surface area (Å²) in [5.41, 5.74) is 9.12. The van der Waals surface area contributed by atoms with E-state index in [1.807, 2.05) is 0 Å². The van der Waals surface area contributed by atoms with E-state index >= 15 is 4.39 Å². The predicted octanol–water partition coefficient (Wildman–Crippen LogP) is 4.84. The van der Waals surface area contributed by atoms with E-state index in [0.717, 1.165) is 19.0 Å². The van der Waals surface area contributed by atoms with Gasteiger partial charge in [0.05, 0.1) is 35.4 Å². The highest BCUT2D eigenvalue weighted by Crippen LogP contribution is 2.33. The minimum atomic E-state index is -2.82. The first kappa shape index (κ1) is 27.2. The van der Waals surface area contributed by atoms with Crippen LogP contribution in [0.2, 0.25) is 0 Å². The largest absolute Gasteiger partial charge is 0.383 e. The Hall–Kier alpha value is -4.94. The summed E-state index contributed by atoms with van der Waals surface area (Å²) in [5.74, 6) is -1.28. The van der Waals surface area contributed by atoms with Gasteiger partial charge in [0.1, 0.15) is 11.6 Å². The highest BCUT2D eigenvalue weighted by atomic mass is 19.3. The molecule has 2 aromatic carbocycles. The molecule has 0 saturated heterocycles. The number of hydrogen-bond acceptors (Lipinski definition) is 6. The zero-order chi connectivity index (χ0) is 29.9. The van der Waals surface area contributed by atoms with Crippen LogP contribution in [0.25, 0.3) is 32.9 Å². The number of amides is 2. The fourth-order valence-corrected chi connectivity index (χ4v) is 5.19. The molecule has 3 aromatic heterocycles. The molecule has 1 saturated carbocycles. The predicted molar refractivity (Wildman–Crippen MR) is 149 cm³/mol. The van der Waals surface area contributed by atoms with E-state index in [0.29, 0.717) is 49.0 Å². The summed E-state index contributed by atoms with van der Waals surface area (Å²) in [7, 11) is 3.26. The SMILES string of the molecule is Cc1cc(CN(C(=O)c2ccc3nc(N)c4cnn(C)c4c3c2)N(C)C(=O)C2CC2)c(F)cc1-c1cnn(C(F)F)c1. The van der Waals surface area contributed by atoms with Crippen LogP contribution in [0.3, 0.4) is 0 Å². The van der Waals surface area contributed by atoms with Crippen LogP contribution in [0.15, 0.2) is 48.9 Å². The van der Waals surface area contributed by atoms with E-state index in [9.17, 15) is 18.4 Å². The standard InChI is InChI=1S/C29H27F3N8O2/c1-15-8-18(23(30)10-20(15)19-11-35-39(13-19)29(31)32)14-40(38(3)27(41)16-4-5-16)28(42)17-6-7-24-21(9-17)25-22(26(33)36-24)12-34-37(25)2/h6-13,16,29H,4-5,14H2,1-3H3,(H2,33,36). The monoisotopic (exact) mass is 576 g/mol. The summed E-state index contributed by atoms with van der Waals surface area (Å²) in [6.07, 6.45) is 5.44. The Labute approximate surface area is 238 Å². The molecule has 2 N–H and O–H groups in total. The number of aromatic nitrogens is 5. The molecule has 10 nitrogen and oxygen atoms in total. The maximum absolute atomic E-state index is 15.5. The second-order valence-electron chi connectivity index (χ2n) is 10.5. The van der Waals surface area contributed by atoms with Crippen molar-refractivity contribution in [2.75, 3.05) is 12.8 Å². The number of carbonyl (C=O) groups excluding carboxylic acids is 2. The van der Waals surface area contributed by atoms with Gasteiger partial charge in [-0.2, -0.15) is 19.0 Å². The maximum atomic E-state index is 15.5. The zero-order valence-electron chi connectivity index (χ0n) is 23.1. The van der Waals surface area contributed by atoms with Crippen LogP contribution in [-0.2, 0) is 18.4 Å². The van der Waals surface area contributed by atoms with E-state index in [1.54, 1.807) is 49.1 Å². The molecule has 216 valence electrons. The van der Waals surface area contributed by atoms with Crippen molar-refractivity contribution < 1.29 is 22.8 Å². The van der Waals surface area contributed by atoms with Crippen LogP contribution in [0.4, 0.5) is 19.0 Å². The lowest BCUT2D eigenvalue weighted by atomic mass is 10.00. The lowest BCUT2D eigenvalue weighted by molar-refractivity contribution is -0.144. The first-order valence-electron chi connectivity index (χ1n) is 13.3. The molecule has 0 spiro atoms. The Morgan fingerprint density at radius 1 is 1.12 bits per heavy atom. The third-order valence-electron chi connectivity index (χ3n) is 7.62. The van der Waals surface area contributed by atoms with Gasteiger partial charge in [-0.05, 0) is 55.2 Å². The first-order valence-corrected chi connectivity index (χ1v) is 13.3. The van der Waals surface area contributed by atoms with Gasteiger partial charge in [-0.15, -0.1) is 0 Å². The van der Waals surface area contributed by atoms with Crippen LogP contribution in [0, 0.1) is 18.7 Å². The molecule has 1 aliphatic rings. The van der Waals surface area contributed by atoms with Gasteiger partial charge in [-0.3, -0.25) is 19.3 Å². The number of fused-ring (bicyclic) bond motifs is 3. The lowest BCUT2D eigenvalue weighted by Crippen LogP contribution is -2.47. The number of alkyl halides is 2. The molecule has 0 unspecified atom stereocenters. The minimum Gasteiger partial charge on any atom is -0.383 e. The second kappa shape index (κ2) is 10.2. The third kappa shape index (κ3) is 4.70. The molecule has 13 heteroatoms. The van der Waals surface area contributed by atoms with Crippen LogP contribution >= 0.6 is 0 Å². The van der Waals surface area contributed by atoms with Gasteiger partial charge in [0.15, 0.2) is 0 Å². The Kier molecular flexibility index (Phi) is 6.59. The van der Waals surface area contributed by atoms with Gasteiger partial charge >= 0.3 is 6.55 Å². The van der Waals surface area contributed by atoms with E-state index < -0.39 is 18.3 Å². The first-order chi connectivity index (χ1) is 20.0. The molecule has 5 aromatic rings. The molecule has 42 heavy (non-hydrogen) atoms. The van der Waals surface area contributed by atoms with Crippen LogP contribution in [0.1, 0.15) is 40.9 Å². The van der Waals surface area contributed by atoms with Gasteiger partial charge < -0.3 is 5.73 Å². The number of hydrazine groups is 1. The maximum Gasteiger partial charge on any atom is 0.333 e. The molecule has 1 fully saturated rings. The van der Waals surface area contributed by atoms with Crippen molar-refractivity contribution in [3.63, 3.8) is 0 Å². The van der Waals surface area contributed by atoms with Crippen LogP contribution in [0.5, 0.6) is 0 Å². The minimum absolute atomic E-state index is 0.158. The van der Waals surface area contributed by atoms with Crippen molar-refractivity contribution in [2.45, 2.75) is 32.9 Å². The highest BCUT2D eigenvalue weighted by Gasteiger charge is 2.36. The second-order valence-corrected chi connectivity index (χ2v) is 10.5. The number of pyridine rings is 1. The number of rotatable bonds is 6. The summed E-state index contributed by atoms with van der Waals surface area (Å²) in [5, 5.41) is 11.7. The topological polar surface area (TPSA) is 115 Å². The number of halogens is 3. The third-order valence-corrected chi connectivity index (χ3v) is 7.62. The lowest BCUT2D eigenvalue weighted by Gasteiger charge is -2.32. The fraction of sp³-hybridized carbons (Fsp3) is 0.276. The number of carbonyl (C=O) groups is 2. The van der Waals surface area contributed by atoms with Crippen LogP contribution in [-0.4, -0.2) is 53.4 Å². The number of nitrogens with zero attached hydrogens (tertiary/aromatic N) is 7. The summed E-state index contributed by atoms with van der Waals surface area (Å²) in [4.78, 5) is 31.5. The Morgan fingerprint density at radius 3 is 2.57 bits per heavy atom. The van der Waals surface area contributed by atoms with Crippen molar-refractivity contribution in [1.82, 2.24) is 34.6 Å². The smallest absolute Gasteiger partial charge is 0.333 e. The van der Waals surface area contributed by atoms with Crippen molar-refractivity contribution in [1.29, 1.82) is 0 Å². The molecule has 2 amide bonds. The quantitative estimate of drug-likeness (QED) is 0.290. The Morgan fingerprint density at radius 2 is 1.88 bits per heavy atom. The van der Waals surface area contributed by atoms with E-state index in [2.05, 4.69) is 15.2 Å². The molecule has 3 heterocycles. The molecule has 0 bridgehead atoms. The summed E-state index contributed by atoms with van der Waals surface area (Å²) >= 11 is 0.